The molecular weight excluding hydrogens is 122 g/mol. The van der Waals surface area contributed by atoms with Crippen LogP contribution in [0.5, 0.6) is 0 Å². The summed E-state index contributed by atoms with van der Waals surface area (Å²) in [5.41, 5.74) is 8.23. The minimum atomic E-state index is 0.154. The lowest BCUT2D eigenvalue weighted by Crippen LogP contribution is -2.06. The topological polar surface area (TPSA) is 26.0 Å². The van der Waals surface area contributed by atoms with Gasteiger partial charge in [-0.25, -0.2) is 0 Å². The van der Waals surface area contributed by atoms with E-state index in [9.17, 15) is 0 Å². The highest BCUT2D eigenvalue weighted by atomic mass is 14.6. The molecule has 1 aromatic rings. The van der Waals surface area contributed by atoms with Crippen LogP contribution in [0.1, 0.15) is 24.1 Å². The van der Waals surface area contributed by atoms with Crippen LogP contribution >= 0.6 is 0 Å². The van der Waals surface area contributed by atoms with Crippen molar-refractivity contribution in [2.45, 2.75) is 19.9 Å². The molecule has 1 aromatic carbocycles. The molecule has 2 N–H and O–H groups in total. The predicted molar refractivity (Wildman–Crippen MR) is 43.8 cm³/mol. The summed E-state index contributed by atoms with van der Waals surface area (Å²) in [6.45, 7) is 4.08. The Kier molecular flexibility index (Phi) is 2.07. The monoisotopic (exact) mass is 135 g/mol. The molecule has 0 aliphatic rings. The van der Waals surface area contributed by atoms with Crippen LogP contribution in [0, 0.1) is 6.92 Å². The van der Waals surface area contributed by atoms with Crippen LogP contribution in [-0.2, 0) is 0 Å². The second-order valence-electron chi connectivity index (χ2n) is 2.65. The molecule has 0 saturated heterocycles. The van der Waals surface area contributed by atoms with Crippen molar-refractivity contribution in [2.24, 2.45) is 5.73 Å². The van der Waals surface area contributed by atoms with E-state index < -0.39 is 0 Å². The second-order valence-corrected chi connectivity index (χ2v) is 2.65. The quantitative estimate of drug-likeness (QED) is 0.626. The summed E-state index contributed by atoms with van der Waals surface area (Å²) in [6.07, 6.45) is 0. The first-order chi connectivity index (χ1) is 4.72. The molecule has 1 unspecified atom stereocenters. The third-order valence-electron chi connectivity index (χ3n) is 1.68. The van der Waals surface area contributed by atoms with Gasteiger partial charge in [0.2, 0.25) is 0 Å². The molecule has 0 aromatic heterocycles. The molecule has 0 bridgehead atoms. The first-order valence-corrected chi connectivity index (χ1v) is 3.53. The van der Waals surface area contributed by atoms with Crippen molar-refractivity contribution in [1.82, 2.24) is 0 Å². The Hall–Kier alpha value is -0.820. The van der Waals surface area contributed by atoms with Crippen LogP contribution in [0.15, 0.2) is 24.3 Å². The smallest absolute Gasteiger partial charge is 0.0268 e. The summed E-state index contributed by atoms with van der Waals surface area (Å²) < 4.78 is 0. The van der Waals surface area contributed by atoms with Gasteiger partial charge >= 0.3 is 0 Å². The van der Waals surface area contributed by atoms with Crippen LogP contribution in [-0.4, -0.2) is 0 Å². The van der Waals surface area contributed by atoms with Gasteiger partial charge in [-0.1, -0.05) is 24.3 Å². The Balaban J connectivity index is 3.03. The van der Waals surface area contributed by atoms with Crippen molar-refractivity contribution in [3.05, 3.63) is 35.4 Å². The molecule has 0 amide bonds. The van der Waals surface area contributed by atoms with E-state index >= 15 is 0 Å². The lowest BCUT2D eigenvalue weighted by molar-refractivity contribution is 0.810. The molecule has 0 spiro atoms. The lowest BCUT2D eigenvalue weighted by Gasteiger charge is -2.07. The molecule has 1 atom stereocenters. The standard InChI is InChI=1S/C9H13N/c1-7-5-3-4-6-9(7)8(2)10/h3-6,8H,10H2,1-2H3. The van der Waals surface area contributed by atoms with Gasteiger partial charge in [-0.15, -0.1) is 0 Å². The highest BCUT2D eigenvalue weighted by molar-refractivity contribution is 5.27. The van der Waals surface area contributed by atoms with E-state index in [1.54, 1.807) is 0 Å². The summed E-state index contributed by atoms with van der Waals surface area (Å²) in [5, 5.41) is 0. The Morgan fingerprint density at radius 2 is 1.90 bits per heavy atom. The SMILES string of the molecule is Cc1ccccc1C(C)N. The third kappa shape index (κ3) is 1.36. The van der Waals surface area contributed by atoms with Crippen LogP contribution in [0.25, 0.3) is 0 Å². The van der Waals surface area contributed by atoms with Gasteiger partial charge in [0.25, 0.3) is 0 Å². The van der Waals surface area contributed by atoms with Gasteiger partial charge in [-0.05, 0) is 25.0 Å². The van der Waals surface area contributed by atoms with E-state index in [2.05, 4.69) is 19.1 Å². The van der Waals surface area contributed by atoms with Crippen molar-refractivity contribution < 1.29 is 0 Å². The van der Waals surface area contributed by atoms with Crippen LogP contribution in [0.4, 0.5) is 0 Å². The largest absolute Gasteiger partial charge is 0.324 e. The summed E-state index contributed by atoms with van der Waals surface area (Å²) in [6, 6.07) is 8.35. The highest BCUT2D eigenvalue weighted by Gasteiger charge is 1.99. The van der Waals surface area contributed by atoms with Crippen molar-refractivity contribution in [2.75, 3.05) is 0 Å². The zero-order chi connectivity index (χ0) is 7.56. The lowest BCUT2D eigenvalue weighted by atomic mass is 10.0. The van der Waals surface area contributed by atoms with Gasteiger partial charge in [-0.2, -0.15) is 0 Å². The predicted octanol–water partition coefficient (Wildman–Crippen LogP) is 2.01. The highest BCUT2D eigenvalue weighted by Crippen LogP contribution is 2.13. The molecular formula is C9H13N. The molecule has 1 rings (SSSR count). The van der Waals surface area contributed by atoms with Crippen molar-refractivity contribution >= 4 is 0 Å². The van der Waals surface area contributed by atoms with Crippen molar-refractivity contribution in [3.63, 3.8) is 0 Å². The van der Waals surface area contributed by atoms with Gasteiger partial charge in [0.05, 0.1) is 0 Å². The maximum atomic E-state index is 5.71. The molecule has 0 fully saturated rings. The molecule has 0 aliphatic carbocycles. The van der Waals surface area contributed by atoms with E-state index in [0.29, 0.717) is 0 Å². The summed E-state index contributed by atoms with van der Waals surface area (Å²) in [4.78, 5) is 0. The van der Waals surface area contributed by atoms with E-state index in [0.717, 1.165) is 0 Å². The van der Waals surface area contributed by atoms with Gasteiger partial charge in [0.15, 0.2) is 0 Å². The maximum Gasteiger partial charge on any atom is 0.0268 e. The maximum absolute atomic E-state index is 5.71. The number of aryl methyl sites for hydroxylation is 1. The first kappa shape index (κ1) is 7.29. The molecule has 1 nitrogen and oxygen atoms in total. The summed E-state index contributed by atoms with van der Waals surface area (Å²) in [7, 11) is 0. The molecule has 0 radical (unpaired) electrons. The minimum absolute atomic E-state index is 0.154. The number of rotatable bonds is 1. The summed E-state index contributed by atoms with van der Waals surface area (Å²) >= 11 is 0. The normalized spacial score (nSPS) is 13.1. The van der Waals surface area contributed by atoms with Gasteiger partial charge < -0.3 is 5.73 Å². The summed E-state index contributed by atoms with van der Waals surface area (Å²) in [5.74, 6) is 0. The second kappa shape index (κ2) is 2.84. The Morgan fingerprint density at radius 3 is 2.30 bits per heavy atom. The van der Waals surface area contributed by atoms with Gasteiger partial charge in [-0.3, -0.25) is 0 Å². The Labute approximate surface area is 61.9 Å². The minimum Gasteiger partial charge on any atom is -0.324 e. The Morgan fingerprint density at radius 1 is 1.30 bits per heavy atom. The molecule has 0 aliphatic heterocycles. The van der Waals surface area contributed by atoms with E-state index in [4.69, 9.17) is 5.73 Å². The number of hydrogen-bond donors (Lipinski definition) is 1. The first-order valence-electron chi connectivity index (χ1n) is 3.53. The van der Waals surface area contributed by atoms with Crippen molar-refractivity contribution in [1.29, 1.82) is 0 Å². The van der Waals surface area contributed by atoms with E-state index in [1.165, 1.54) is 11.1 Å². The van der Waals surface area contributed by atoms with Gasteiger partial charge in [0, 0.05) is 6.04 Å². The van der Waals surface area contributed by atoms with E-state index in [-0.39, 0.29) is 6.04 Å². The van der Waals surface area contributed by atoms with Crippen LogP contribution in [0.2, 0.25) is 0 Å². The van der Waals surface area contributed by atoms with Crippen molar-refractivity contribution in [3.8, 4) is 0 Å². The Bertz CT molecular complexity index is 216. The van der Waals surface area contributed by atoms with Crippen LogP contribution in [0.3, 0.4) is 0 Å². The molecule has 0 heterocycles. The molecule has 54 valence electrons. The fourth-order valence-electron chi connectivity index (χ4n) is 1.10. The molecule has 0 saturated carbocycles. The fraction of sp³-hybridized carbons (Fsp3) is 0.333. The molecule has 1 heteroatoms. The number of nitrogens with two attached hydrogens (primary N) is 1. The van der Waals surface area contributed by atoms with Gasteiger partial charge in [0.1, 0.15) is 0 Å². The van der Waals surface area contributed by atoms with Crippen LogP contribution < -0.4 is 5.73 Å². The number of benzene rings is 1. The fourth-order valence-corrected chi connectivity index (χ4v) is 1.10. The zero-order valence-corrected chi connectivity index (χ0v) is 6.46. The molecule has 10 heavy (non-hydrogen) atoms. The average Bonchev–Trinajstić information content (AvgIpc) is 1.88. The average molecular weight is 135 g/mol. The zero-order valence-electron chi connectivity index (χ0n) is 6.46. The third-order valence-corrected chi connectivity index (χ3v) is 1.68. The van der Waals surface area contributed by atoms with E-state index in [1.807, 2.05) is 19.1 Å². The number of hydrogen-bond acceptors (Lipinski definition) is 1.